The Labute approximate surface area is 184 Å². The number of benzene rings is 2. The molecule has 1 heterocycles. The highest BCUT2D eigenvalue weighted by atomic mass is 16.5. The van der Waals surface area contributed by atoms with Crippen molar-refractivity contribution in [2.45, 2.75) is 32.4 Å². The lowest BCUT2D eigenvalue weighted by molar-refractivity contribution is -0.119. The van der Waals surface area contributed by atoms with Crippen molar-refractivity contribution < 1.29 is 14.3 Å². The summed E-state index contributed by atoms with van der Waals surface area (Å²) in [5, 5.41) is 9.24. The Morgan fingerprint density at radius 2 is 2.00 bits per heavy atom. The molecule has 1 amide bonds. The first-order chi connectivity index (χ1) is 15.1. The fourth-order valence-corrected chi connectivity index (χ4v) is 3.32. The monoisotopic (exact) mass is 424 g/mol. The summed E-state index contributed by atoms with van der Waals surface area (Å²) in [5.74, 6) is 1.35. The Bertz CT molecular complexity index is 864. The molecule has 1 aliphatic heterocycles. The third-order valence-electron chi connectivity index (χ3n) is 5.07. The van der Waals surface area contributed by atoms with Gasteiger partial charge in [-0.25, -0.2) is 0 Å². The first-order valence-corrected chi connectivity index (χ1v) is 10.7. The van der Waals surface area contributed by atoms with Crippen LogP contribution in [0.1, 0.15) is 23.1 Å². The van der Waals surface area contributed by atoms with Gasteiger partial charge in [-0.3, -0.25) is 9.79 Å². The van der Waals surface area contributed by atoms with Gasteiger partial charge in [0.25, 0.3) is 0 Å². The molecule has 31 heavy (non-hydrogen) atoms. The molecule has 2 aromatic carbocycles. The van der Waals surface area contributed by atoms with Crippen LogP contribution in [0.3, 0.4) is 0 Å². The first kappa shape index (κ1) is 22.6. The topological polar surface area (TPSA) is 84.0 Å². The van der Waals surface area contributed by atoms with E-state index in [0.717, 1.165) is 36.3 Å². The highest BCUT2D eigenvalue weighted by Crippen LogP contribution is 2.23. The number of carbonyl (C=O) groups excluding carboxylic acids is 1. The lowest BCUT2D eigenvalue weighted by Crippen LogP contribution is -2.43. The second kappa shape index (κ2) is 12.0. The minimum atomic E-state index is -0.0699. The maximum Gasteiger partial charge on any atom is 0.239 e. The van der Waals surface area contributed by atoms with Gasteiger partial charge in [0, 0.05) is 32.1 Å². The maximum absolute atomic E-state index is 12.1. The van der Waals surface area contributed by atoms with Crippen LogP contribution in [-0.4, -0.2) is 51.3 Å². The normalized spacial score (nSPS) is 16.1. The van der Waals surface area contributed by atoms with E-state index in [2.05, 4.69) is 45.2 Å². The molecule has 0 radical (unpaired) electrons. The third-order valence-corrected chi connectivity index (χ3v) is 5.07. The van der Waals surface area contributed by atoms with Crippen molar-refractivity contribution in [3.63, 3.8) is 0 Å². The Morgan fingerprint density at radius 3 is 2.74 bits per heavy atom. The molecule has 3 N–H and O–H groups in total. The highest BCUT2D eigenvalue weighted by molar-refractivity contribution is 5.86. The van der Waals surface area contributed by atoms with Crippen LogP contribution in [0, 0.1) is 6.92 Å². The minimum absolute atomic E-state index is 0.0699. The average molecular weight is 425 g/mol. The fraction of sp³-hybridized carbons (Fsp3) is 0.417. The number of rotatable bonds is 9. The molecule has 1 fully saturated rings. The smallest absolute Gasteiger partial charge is 0.239 e. The Balaban J connectivity index is 1.43. The van der Waals surface area contributed by atoms with Crippen molar-refractivity contribution in [1.82, 2.24) is 16.0 Å². The summed E-state index contributed by atoms with van der Waals surface area (Å²) in [5.41, 5.74) is 3.38. The van der Waals surface area contributed by atoms with Crippen molar-refractivity contribution in [3.8, 4) is 5.75 Å². The van der Waals surface area contributed by atoms with Gasteiger partial charge in [0.15, 0.2) is 5.96 Å². The first-order valence-electron chi connectivity index (χ1n) is 10.7. The molecule has 1 unspecified atom stereocenters. The lowest BCUT2D eigenvalue weighted by atomic mass is 10.1. The summed E-state index contributed by atoms with van der Waals surface area (Å²) in [4.78, 5) is 16.3. The van der Waals surface area contributed by atoms with Crippen LogP contribution in [0.5, 0.6) is 5.75 Å². The lowest BCUT2D eigenvalue weighted by Gasteiger charge is -2.18. The molecular formula is C24H32N4O3. The summed E-state index contributed by atoms with van der Waals surface area (Å²) >= 11 is 0. The maximum atomic E-state index is 12.1. The predicted octanol–water partition coefficient (Wildman–Crippen LogP) is 2.19. The molecule has 1 aliphatic rings. The number of ether oxygens (including phenoxy) is 2. The SMILES string of the molecule is CN=C(NCC(=O)NCCc1ccccc1)NCc1ccc(C)cc1OC1CCOC1. The number of hydrogen-bond acceptors (Lipinski definition) is 4. The minimum Gasteiger partial charge on any atom is -0.488 e. The van der Waals surface area contributed by atoms with Crippen molar-refractivity contribution in [1.29, 1.82) is 0 Å². The molecule has 0 bridgehead atoms. The van der Waals surface area contributed by atoms with Gasteiger partial charge in [-0.2, -0.15) is 0 Å². The predicted molar refractivity (Wildman–Crippen MR) is 122 cm³/mol. The number of nitrogens with one attached hydrogen (secondary N) is 3. The molecular weight excluding hydrogens is 392 g/mol. The van der Waals surface area contributed by atoms with Crippen LogP contribution < -0.4 is 20.7 Å². The van der Waals surface area contributed by atoms with Crippen molar-refractivity contribution in [3.05, 3.63) is 65.2 Å². The Kier molecular flexibility index (Phi) is 8.72. The van der Waals surface area contributed by atoms with Gasteiger partial charge < -0.3 is 25.4 Å². The number of aliphatic imine (C=N–C) groups is 1. The quantitative estimate of drug-likeness (QED) is 0.425. The van der Waals surface area contributed by atoms with Gasteiger partial charge in [0.05, 0.1) is 19.8 Å². The average Bonchev–Trinajstić information content (AvgIpc) is 3.29. The largest absolute Gasteiger partial charge is 0.488 e. The molecule has 1 saturated heterocycles. The van der Waals surface area contributed by atoms with Gasteiger partial charge in [0.2, 0.25) is 5.91 Å². The number of aryl methyl sites for hydroxylation is 1. The molecule has 3 rings (SSSR count). The zero-order valence-electron chi connectivity index (χ0n) is 18.3. The number of amides is 1. The van der Waals surface area contributed by atoms with E-state index in [-0.39, 0.29) is 18.6 Å². The molecule has 2 aromatic rings. The second-order valence-corrected chi connectivity index (χ2v) is 7.58. The van der Waals surface area contributed by atoms with Crippen LogP contribution >= 0.6 is 0 Å². The zero-order valence-corrected chi connectivity index (χ0v) is 18.3. The van der Waals surface area contributed by atoms with Crippen LogP contribution in [0.15, 0.2) is 53.5 Å². The summed E-state index contributed by atoms with van der Waals surface area (Å²) in [6, 6.07) is 16.3. The molecule has 0 spiro atoms. The standard InChI is InChI=1S/C24H32N4O3/c1-18-8-9-20(22(14-18)31-21-11-13-30-17-21)15-27-24(25-2)28-16-23(29)26-12-10-19-6-4-3-5-7-19/h3-9,14,21H,10-13,15-17H2,1-2H3,(H,26,29)(H2,25,27,28). The summed E-state index contributed by atoms with van der Waals surface area (Å²) in [6.07, 6.45) is 1.81. The van der Waals surface area contributed by atoms with Crippen LogP contribution in [0.25, 0.3) is 0 Å². The van der Waals surface area contributed by atoms with E-state index in [1.165, 1.54) is 5.56 Å². The zero-order chi connectivity index (χ0) is 21.9. The number of guanidine groups is 1. The highest BCUT2D eigenvalue weighted by Gasteiger charge is 2.18. The van der Waals surface area contributed by atoms with Gasteiger partial charge in [-0.1, -0.05) is 42.5 Å². The van der Waals surface area contributed by atoms with E-state index in [4.69, 9.17) is 9.47 Å². The van der Waals surface area contributed by atoms with Gasteiger partial charge in [-0.05, 0) is 30.5 Å². The summed E-state index contributed by atoms with van der Waals surface area (Å²) < 4.78 is 11.6. The Morgan fingerprint density at radius 1 is 1.16 bits per heavy atom. The van der Waals surface area contributed by atoms with E-state index in [9.17, 15) is 4.79 Å². The number of carbonyl (C=O) groups is 1. The van der Waals surface area contributed by atoms with E-state index >= 15 is 0 Å². The molecule has 166 valence electrons. The number of nitrogens with zero attached hydrogens (tertiary/aromatic N) is 1. The van der Waals surface area contributed by atoms with E-state index in [1.807, 2.05) is 31.2 Å². The fourth-order valence-electron chi connectivity index (χ4n) is 3.32. The van der Waals surface area contributed by atoms with Crippen molar-refractivity contribution in [2.75, 3.05) is 33.4 Å². The van der Waals surface area contributed by atoms with E-state index < -0.39 is 0 Å². The summed E-state index contributed by atoms with van der Waals surface area (Å²) in [6.45, 7) is 4.72. The Hall–Kier alpha value is -3.06. The van der Waals surface area contributed by atoms with Crippen molar-refractivity contribution in [2.24, 2.45) is 4.99 Å². The summed E-state index contributed by atoms with van der Waals surface area (Å²) in [7, 11) is 1.69. The van der Waals surface area contributed by atoms with Gasteiger partial charge >= 0.3 is 0 Å². The van der Waals surface area contributed by atoms with Gasteiger partial charge in [0.1, 0.15) is 11.9 Å². The second-order valence-electron chi connectivity index (χ2n) is 7.58. The van der Waals surface area contributed by atoms with Crippen LogP contribution in [0.4, 0.5) is 0 Å². The van der Waals surface area contributed by atoms with Crippen LogP contribution in [0.2, 0.25) is 0 Å². The van der Waals surface area contributed by atoms with Crippen molar-refractivity contribution >= 4 is 11.9 Å². The molecule has 0 aliphatic carbocycles. The molecule has 7 heteroatoms. The van der Waals surface area contributed by atoms with E-state index in [1.54, 1.807) is 7.05 Å². The van der Waals surface area contributed by atoms with E-state index in [0.29, 0.717) is 25.7 Å². The molecule has 0 saturated carbocycles. The number of hydrogen-bond donors (Lipinski definition) is 3. The third kappa shape index (κ3) is 7.61. The molecule has 7 nitrogen and oxygen atoms in total. The van der Waals surface area contributed by atoms with Gasteiger partial charge in [-0.15, -0.1) is 0 Å². The van der Waals surface area contributed by atoms with Crippen LogP contribution in [-0.2, 0) is 22.5 Å². The molecule has 0 aromatic heterocycles. The molecule has 1 atom stereocenters.